The molecule has 1 aromatic carbocycles. The Morgan fingerprint density at radius 3 is 2.59 bits per heavy atom. The van der Waals surface area contributed by atoms with Gasteiger partial charge in [-0.05, 0) is 28.6 Å². The summed E-state index contributed by atoms with van der Waals surface area (Å²) in [6.45, 7) is 0. The zero-order valence-electron chi connectivity index (χ0n) is 11.6. The molecule has 0 aliphatic rings. The molecule has 0 saturated heterocycles. The quantitative estimate of drug-likeness (QED) is 0.576. The second-order valence-corrected chi connectivity index (χ2v) is 5.94. The van der Waals surface area contributed by atoms with Gasteiger partial charge in [-0.25, -0.2) is 4.98 Å². The summed E-state index contributed by atoms with van der Waals surface area (Å²) in [6, 6.07) is 16.8. The molecule has 4 aromatic rings. The summed E-state index contributed by atoms with van der Waals surface area (Å²) >= 11 is 1.73. The molecule has 1 N–H and O–H groups in total. The van der Waals surface area contributed by atoms with Crippen molar-refractivity contribution in [3.05, 3.63) is 65.8 Å². The van der Waals surface area contributed by atoms with Crippen LogP contribution < -0.4 is 0 Å². The lowest BCUT2D eigenvalue weighted by molar-refractivity contribution is 1.32. The molecule has 0 atom stereocenters. The van der Waals surface area contributed by atoms with E-state index in [1.807, 2.05) is 12.3 Å². The highest BCUT2D eigenvalue weighted by Crippen LogP contribution is 2.29. The third-order valence-electron chi connectivity index (χ3n) is 3.68. The molecule has 0 unspecified atom stereocenters. The zero-order valence-corrected chi connectivity index (χ0v) is 12.4. The molecule has 0 fully saturated rings. The molecule has 0 radical (unpaired) electrons. The smallest absolute Gasteiger partial charge is 0.138 e. The molecular formula is C18H11N3S. The van der Waals surface area contributed by atoms with Gasteiger partial charge in [0.15, 0.2) is 0 Å². The highest BCUT2D eigenvalue weighted by molar-refractivity contribution is 7.13. The van der Waals surface area contributed by atoms with E-state index in [-0.39, 0.29) is 0 Å². The Morgan fingerprint density at radius 1 is 1.05 bits per heavy atom. The van der Waals surface area contributed by atoms with Gasteiger partial charge in [0.05, 0.1) is 5.56 Å². The SMILES string of the molecule is N#Cc1c[nH]c2ncc(-c3ccc(-c4cccs4)cc3)cc12. The van der Waals surface area contributed by atoms with Gasteiger partial charge in [0.2, 0.25) is 0 Å². The van der Waals surface area contributed by atoms with Crippen LogP contribution in [0.15, 0.2) is 60.2 Å². The average Bonchev–Trinajstić information content (AvgIpc) is 3.24. The van der Waals surface area contributed by atoms with E-state index in [4.69, 9.17) is 5.26 Å². The second-order valence-electron chi connectivity index (χ2n) is 4.99. The molecule has 0 aliphatic heterocycles. The van der Waals surface area contributed by atoms with Crippen LogP contribution in [-0.4, -0.2) is 9.97 Å². The summed E-state index contributed by atoms with van der Waals surface area (Å²) in [5, 5.41) is 12.1. The number of hydrogen-bond acceptors (Lipinski definition) is 3. The Bertz CT molecular complexity index is 974. The van der Waals surface area contributed by atoms with E-state index >= 15 is 0 Å². The lowest BCUT2D eigenvalue weighted by Crippen LogP contribution is -1.83. The number of H-pyrrole nitrogens is 1. The number of rotatable bonds is 2. The first kappa shape index (κ1) is 12.8. The summed E-state index contributed by atoms with van der Waals surface area (Å²) in [7, 11) is 0. The number of nitrogens with zero attached hydrogens (tertiary/aromatic N) is 2. The lowest BCUT2D eigenvalue weighted by atomic mass is 10.0. The van der Waals surface area contributed by atoms with Crippen LogP contribution in [0.3, 0.4) is 0 Å². The van der Waals surface area contributed by atoms with Gasteiger partial charge in [-0.15, -0.1) is 11.3 Å². The normalized spacial score (nSPS) is 10.7. The molecule has 22 heavy (non-hydrogen) atoms. The number of aromatic amines is 1. The predicted octanol–water partition coefficient (Wildman–Crippen LogP) is 4.83. The standard InChI is InChI=1S/C18H11N3S/c19-9-15-11-21-18-16(15)8-14(10-20-18)12-3-5-13(6-4-12)17-2-1-7-22-17/h1-8,10-11H,(H,20,21). The van der Waals surface area contributed by atoms with Crippen molar-refractivity contribution in [1.82, 2.24) is 9.97 Å². The van der Waals surface area contributed by atoms with E-state index in [0.29, 0.717) is 5.56 Å². The topological polar surface area (TPSA) is 52.5 Å². The van der Waals surface area contributed by atoms with Gasteiger partial charge in [-0.2, -0.15) is 5.26 Å². The summed E-state index contributed by atoms with van der Waals surface area (Å²) in [6.07, 6.45) is 3.53. The fraction of sp³-hybridized carbons (Fsp3) is 0. The lowest BCUT2D eigenvalue weighted by Gasteiger charge is -2.03. The summed E-state index contributed by atoms with van der Waals surface area (Å²) < 4.78 is 0. The fourth-order valence-electron chi connectivity index (χ4n) is 2.52. The Balaban J connectivity index is 1.77. The maximum Gasteiger partial charge on any atom is 0.138 e. The third kappa shape index (κ3) is 2.09. The van der Waals surface area contributed by atoms with Gasteiger partial charge in [0.1, 0.15) is 11.7 Å². The van der Waals surface area contributed by atoms with Gasteiger partial charge in [-0.1, -0.05) is 30.3 Å². The highest BCUT2D eigenvalue weighted by atomic mass is 32.1. The van der Waals surface area contributed by atoms with Crippen LogP contribution in [0.1, 0.15) is 5.56 Å². The molecule has 0 amide bonds. The largest absolute Gasteiger partial charge is 0.345 e. The zero-order chi connectivity index (χ0) is 14.9. The number of hydrogen-bond donors (Lipinski definition) is 1. The molecular weight excluding hydrogens is 290 g/mol. The predicted molar refractivity (Wildman–Crippen MR) is 89.6 cm³/mol. The summed E-state index contributed by atoms with van der Waals surface area (Å²) in [4.78, 5) is 8.67. The number of fused-ring (bicyclic) bond motifs is 1. The molecule has 0 spiro atoms. The maximum atomic E-state index is 9.13. The van der Waals surface area contributed by atoms with Crippen molar-refractivity contribution < 1.29 is 0 Å². The number of thiophene rings is 1. The van der Waals surface area contributed by atoms with Crippen molar-refractivity contribution >= 4 is 22.4 Å². The van der Waals surface area contributed by atoms with Crippen molar-refractivity contribution in [3.8, 4) is 27.6 Å². The molecule has 0 bridgehead atoms. The van der Waals surface area contributed by atoms with Gasteiger partial charge in [-0.3, -0.25) is 0 Å². The van der Waals surface area contributed by atoms with E-state index in [9.17, 15) is 0 Å². The van der Waals surface area contributed by atoms with Crippen molar-refractivity contribution in [2.75, 3.05) is 0 Å². The van der Waals surface area contributed by atoms with Gasteiger partial charge in [0, 0.05) is 28.2 Å². The van der Waals surface area contributed by atoms with Crippen LogP contribution in [0, 0.1) is 11.3 Å². The minimum absolute atomic E-state index is 0.625. The molecule has 4 rings (SSSR count). The average molecular weight is 301 g/mol. The van der Waals surface area contributed by atoms with Crippen LogP contribution in [0.25, 0.3) is 32.6 Å². The Labute approximate surface area is 131 Å². The van der Waals surface area contributed by atoms with Crippen LogP contribution in [0.5, 0.6) is 0 Å². The van der Waals surface area contributed by atoms with Crippen molar-refractivity contribution in [2.45, 2.75) is 0 Å². The molecule has 0 saturated carbocycles. The van der Waals surface area contributed by atoms with E-state index in [0.717, 1.165) is 22.2 Å². The molecule has 3 aromatic heterocycles. The fourth-order valence-corrected chi connectivity index (χ4v) is 3.26. The first-order valence-corrected chi connectivity index (χ1v) is 7.74. The molecule has 4 heteroatoms. The first-order valence-electron chi connectivity index (χ1n) is 6.87. The summed E-state index contributed by atoms with van der Waals surface area (Å²) in [5.74, 6) is 0. The third-order valence-corrected chi connectivity index (χ3v) is 4.59. The highest BCUT2D eigenvalue weighted by Gasteiger charge is 2.07. The molecule has 3 heterocycles. The van der Waals surface area contributed by atoms with Gasteiger partial charge < -0.3 is 4.98 Å². The second kappa shape index (κ2) is 5.14. The maximum absolute atomic E-state index is 9.13. The van der Waals surface area contributed by atoms with Crippen molar-refractivity contribution in [3.63, 3.8) is 0 Å². The number of pyridine rings is 1. The van der Waals surface area contributed by atoms with E-state index in [1.165, 1.54) is 10.4 Å². The Morgan fingerprint density at radius 2 is 1.86 bits per heavy atom. The van der Waals surface area contributed by atoms with Crippen LogP contribution in [0.2, 0.25) is 0 Å². The van der Waals surface area contributed by atoms with Gasteiger partial charge >= 0.3 is 0 Å². The van der Waals surface area contributed by atoms with Gasteiger partial charge in [0.25, 0.3) is 0 Å². The number of nitriles is 1. The van der Waals surface area contributed by atoms with E-state index in [2.05, 4.69) is 57.8 Å². The first-order chi connectivity index (χ1) is 10.8. The Hall–Kier alpha value is -2.90. The van der Waals surface area contributed by atoms with Crippen LogP contribution in [-0.2, 0) is 0 Å². The van der Waals surface area contributed by atoms with Crippen molar-refractivity contribution in [1.29, 1.82) is 5.26 Å². The molecule has 104 valence electrons. The van der Waals surface area contributed by atoms with E-state index < -0.39 is 0 Å². The minimum atomic E-state index is 0.625. The monoisotopic (exact) mass is 301 g/mol. The van der Waals surface area contributed by atoms with Crippen molar-refractivity contribution in [2.24, 2.45) is 0 Å². The van der Waals surface area contributed by atoms with Crippen LogP contribution in [0.4, 0.5) is 0 Å². The van der Waals surface area contributed by atoms with Crippen LogP contribution >= 0.6 is 11.3 Å². The molecule has 3 nitrogen and oxygen atoms in total. The number of benzene rings is 1. The van der Waals surface area contributed by atoms with E-state index in [1.54, 1.807) is 17.5 Å². The minimum Gasteiger partial charge on any atom is -0.345 e. The Kier molecular flexibility index (Phi) is 2.99. The summed E-state index contributed by atoms with van der Waals surface area (Å²) in [5.41, 5.74) is 4.70. The molecule has 0 aliphatic carbocycles. The number of aromatic nitrogens is 2. The number of nitrogens with one attached hydrogen (secondary N) is 1.